The minimum absolute atomic E-state index is 0.00104. The highest BCUT2D eigenvalue weighted by Gasteiger charge is 2.25. The zero-order chi connectivity index (χ0) is 22.5. The first-order chi connectivity index (χ1) is 14.8. The molecule has 0 aliphatic carbocycles. The second-order valence-electron chi connectivity index (χ2n) is 7.28. The molecule has 0 saturated carbocycles. The summed E-state index contributed by atoms with van der Waals surface area (Å²) < 4.78 is 15.8. The van der Waals surface area contributed by atoms with Gasteiger partial charge in [0.2, 0.25) is 11.8 Å². The predicted molar refractivity (Wildman–Crippen MR) is 112 cm³/mol. The SMILES string of the molecule is COC(=O)c1c(C)oc(NC(=O)CCc2ncc(-c3ccc(C(C)C)cc3)o2)c1C#N. The number of furan rings is 1. The van der Waals surface area contributed by atoms with E-state index in [4.69, 9.17) is 8.83 Å². The molecule has 0 fully saturated rings. The van der Waals surface area contributed by atoms with Crippen LogP contribution >= 0.6 is 0 Å². The summed E-state index contributed by atoms with van der Waals surface area (Å²) in [6.07, 6.45) is 1.95. The molecule has 1 N–H and O–H groups in total. The molecule has 8 nitrogen and oxygen atoms in total. The number of aromatic nitrogens is 1. The largest absolute Gasteiger partial charge is 0.465 e. The lowest BCUT2D eigenvalue weighted by atomic mass is 10.0. The first kappa shape index (κ1) is 21.8. The van der Waals surface area contributed by atoms with Gasteiger partial charge in [0.15, 0.2) is 11.7 Å². The van der Waals surface area contributed by atoms with E-state index in [0.29, 0.717) is 17.6 Å². The van der Waals surface area contributed by atoms with Crippen LogP contribution in [0, 0.1) is 18.3 Å². The molecule has 0 spiro atoms. The molecule has 31 heavy (non-hydrogen) atoms. The minimum atomic E-state index is -0.702. The van der Waals surface area contributed by atoms with Gasteiger partial charge in [0.1, 0.15) is 23.0 Å². The number of rotatable bonds is 7. The van der Waals surface area contributed by atoms with Crippen molar-refractivity contribution in [2.75, 3.05) is 12.4 Å². The maximum absolute atomic E-state index is 12.3. The van der Waals surface area contributed by atoms with Crippen LogP contribution in [0.4, 0.5) is 5.88 Å². The Bertz CT molecular complexity index is 1130. The van der Waals surface area contributed by atoms with E-state index in [9.17, 15) is 14.9 Å². The summed E-state index contributed by atoms with van der Waals surface area (Å²) in [6.45, 7) is 5.78. The molecule has 2 aromatic heterocycles. The standard InChI is InChI=1S/C23H23N3O5/c1-13(2)15-5-7-16(8-6-15)18-12-25-20(31-18)10-9-19(27)26-22-17(11-24)21(14(3)30-22)23(28)29-4/h5-8,12-13H,9-10H2,1-4H3,(H,26,27). The van der Waals surface area contributed by atoms with Crippen LogP contribution in [0.5, 0.6) is 0 Å². The van der Waals surface area contributed by atoms with E-state index in [1.165, 1.54) is 19.6 Å². The quantitative estimate of drug-likeness (QED) is 0.554. The van der Waals surface area contributed by atoms with Gasteiger partial charge >= 0.3 is 5.97 Å². The van der Waals surface area contributed by atoms with Crippen LogP contribution in [0.15, 0.2) is 39.3 Å². The van der Waals surface area contributed by atoms with E-state index in [2.05, 4.69) is 41.0 Å². The minimum Gasteiger partial charge on any atom is -0.465 e. The van der Waals surface area contributed by atoms with Gasteiger partial charge in [-0.2, -0.15) is 5.26 Å². The fourth-order valence-electron chi connectivity index (χ4n) is 3.09. The molecule has 1 amide bonds. The highest BCUT2D eigenvalue weighted by atomic mass is 16.5. The monoisotopic (exact) mass is 421 g/mol. The van der Waals surface area contributed by atoms with Gasteiger partial charge < -0.3 is 13.6 Å². The Balaban J connectivity index is 1.63. The molecular weight excluding hydrogens is 398 g/mol. The number of carbonyl (C=O) groups excluding carboxylic acids is 2. The van der Waals surface area contributed by atoms with E-state index >= 15 is 0 Å². The van der Waals surface area contributed by atoms with Crippen LogP contribution in [0.25, 0.3) is 11.3 Å². The Morgan fingerprint density at radius 2 is 1.94 bits per heavy atom. The summed E-state index contributed by atoms with van der Waals surface area (Å²) in [6, 6.07) is 9.94. The summed E-state index contributed by atoms with van der Waals surface area (Å²) in [5, 5.41) is 11.9. The Kier molecular flexibility index (Phi) is 6.55. The second kappa shape index (κ2) is 9.30. The Morgan fingerprint density at radius 1 is 1.23 bits per heavy atom. The van der Waals surface area contributed by atoms with E-state index in [-0.39, 0.29) is 35.6 Å². The Labute approximate surface area is 179 Å². The first-order valence-electron chi connectivity index (χ1n) is 9.80. The van der Waals surface area contributed by atoms with E-state index in [1.54, 1.807) is 6.20 Å². The average Bonchev–Trinajstić information content (AvgIpc) is 3.35. The highest BCUT2D eigenvalue weighted by Crippen LogP contribution is 2.27. The number of benzene rings is 1. The van der Waals surface area contributed by atoms with Crippen LogP contribution in [-0.2, 0) is 16.0 Å². The van der Waals surface area contributed by atoms with Gasteiger partial charge in [-0.1, -0.05) is 38.1 Å². The predicted octanol–water partition coefficient (Wildman–Crippen LogP) is 4.60. The summed E-state index contributed by atoms with van der Waals surface area (Å²) in [5.74, 6) is 0.505. The number of hydrogen-bond acceptors (Lipinski definition) is 7. The third-order valence-electron chi connectivity index (χ3n) is 4.82. The molecule has 8 heteroatoms. The van der Waals surface area contributed by atoms with Crippen molar-refractivity contribution >= 4 is 17.8 Å². The number of methoxy groups -OCH3 is 1. The van der Waals surface area contributed by atoms with Gasteiger partial charge in [-0.3, -0.25) is 10.1 Å². The number of carbonyl (C=O) groups is 2. The van der Waals surface area contributed by atoms with Crippen molar-refractivity contribution in [3.63, 3.8) is 0 Å². The number of amides is 1. The van der Waals surface area contributed by atoms with Gasteiger partial charge in [0.25, 0.3) is 0 Å². The van der Waals surface area contributed by atoms with Crippen LogP contribution in [0.3, 0.4) is 0 Å². The second-order valence-corrected chi connectivity index (χ2v) is 7.28. The van der Waals surface area contributed by atoms with Crippen molar-refractivity contribution in [3.8, 4) is 17.4 Å². The Hall–Kier alpha value is -3.86. The third kappa shape index (κ3) is 4.83. The number of nitrogens with one attached hydrogen (secondary N) is 1. The number of nitrogens with zero attached hydrogens (tertiary/aromatic N) is 2. The van der Waals surface area contributed by atoms with Gasteiger partial charge in [-0.25, -0.2) is 9.78 Å². The van der Waals surface area contributed by atoms with Crippen LogP contribution in [0.2, 0.25) is 0 Å². The molecule has 0 saturated heterocycles. The molecule has 0 unspecified atom stereocenters. The maximum atomic E-state index is 12.3. The lowest BCUT2D eigenvalue weighted by molar-refractivity contribution is -0.116. The summed E-state index contributed by atoms with van der Waals surface area (Å²) in [7, 11) is 1.21. The van der Waals surface area contributed by atoms with Crippen molar-refractivity contribution < 1.29 is 23.2 Å². The van der Waals surface area contributed by atoms with Crippen molar-refractivity contribution in [3.05, 3.63) is 58.8 Å². The first-order valence-corrected chi connectivity index (χ1v) is 9.80. The van der Waals surface area contributed by atoms with Gasteiger partial charge in [-0.05, 0) is 18.4 Å². The molecule has 0 aliphatic rings. The van der Waals surface area contributed by atoms with E-state index in [0.717, 1.165) is 5.56 Å². The number of anilines is 1. The van der Waals surface area contributed by atoms with Crippen molar-refractivity contribution in [1.82, 2.24) is 4.98 Å². The van der Waals surface area contributed by atoms with Crippen LogP contribution in [0.1, 0.15) is 59.3 Å². The molecule has 0 aliphatic heterocycles. The molecule has 0 bridgehead atoms. The zero-order valence-electron chi connectivity index (χ0n) is 17.8. The number of hydrogen-bond donors (Lipinski definition) is 1. The van der Waals surface area contributed by atoms with Crippen LogP contribution in [-0.4, -0.2) is 24.0 Å². The highest BCUT2D eigenvalue weighted by molar-refractivity contribution is 5.98. The molecule has 0 radical (unpaired) electrons. The molecule has 3 rings (SSSR count). The van der Waals surface area contributed by atoms with Crippen molar-refractivity contribution in [1.29, 1.82) is 5.26 Å². The van der Waals surface area contributed by atoms with Gasteiger partial charge in [0, 0.05) is 18.4 Å². The summed E-state index contributed by atoms with van der Waals surface area (Å²) in [5.41, 5.74) is 2.08. The topological polar surface area (TPSA) is 118 Å². The molecule has 160 valence electrons. The fraction of sp³-hybridized carbons (Fsp3) is 0.304. The van der Waals surface area contributed by atoms with Crippen molar-refractivity contribution in [2.45, 2.75) is 39.5 Å². The normalized spacial score (nSPS) is 10.7. The number of ether oxygens (including phenoxy) is 1. The van der Waals surface area contributed by atoms with Crippen LogP contribution < -0.4 is 5.32 Å². The molecule has 0 atom stereocenters. The lowest BCUT2D eigenvalue weighted by Gasteiger charge is -2.05. The molecule has 3 aromatic rings. The zero-order valence-corrected chi connectivity index (χ0v) is 17.8. The van der Waals surface area contributed by atoms with Crippen molar-refractivity contribution in [2.24, 2.45) is 0 Å². The molecular formula is C23H23N3O5. The fourth-order valence-corrected chi connectivity index (χ4v) is 3.09. The number of esters is 1. The summed E-state index contributed by atoms with van der Waals surface area (Å²) in [4.78, 5) is 28.4. The average molecular weight is 421 g/mol. The number of aryl methyl sites for hydroxylation is 2. The van der Waals surface area contributed by atoms with Gasteiger partial charge in [-0.15, -0.1) is 0 Å². The molecule has 2 heterocycles. The maximum Gasteiger partial charge on any atom is 0.342 e. The third-order valence-corrected chi connectivity index (χ3v) is 4.82. The summed E-state index contributed by atoms with van der Waals surface area (Å²) >= 11 is 0. The lowest BCUT2D eigenvalue weighted by Crippen LogP contribution is -2.13. The number of nitriles is 1. The van der Waals surface area contributed by atoms with Gasteiger partial charge in [0.05, 0.1) is 13.3 Å². The smallest absolute Gasteiger partial charge is 0.342 e. The van der Waals surface area contributed by atoms with E-state index in [1.807, 2.05) is 18.2 Å². The molecule has 1 aromatic carbocycles. The van der Waals surface area contributed by atoms with E-state index < -0.39 is 11.9 Å². The Morgan fingerprint density at radius 3 is 2.55 bits per heavy atom. The number of oxazole rings is 1.